The molecule has 3 atom stereocenters. The first-order valence-electron chi connectivity index (χ1n) is 9.59. The van der Waals surface area contributed by atoms with E-state index in [1.54, 1.807) is 11.3 Å². The van der Waals surface area contributed by atoms with Crippen LogP contribution in [0.25, 0.3) is 6.08 Å². The Hall–Kier alpha value is -2.44. The Morgan fingerprint density at radius 3 is 2.64 bits per heavy atom. The molecule has 3 unspecified atom stereocenters. The zero-order valence-electron chi connectivity index (χ0n) is 15.5. The summed E-state index contributed by atoms with van der Waals surface area (Å²) in [7, 11) is 0. The highest BCUT2D eigenvalue weighted by Gasteiger charge is 2.52. The first-order chi connectivity index (χ1) is 13.8. The molecular weight excluding hydrogens is 366 g/mol. The van der Waals surface area contributed by atoms with Gasteiger partial charge in [-0.05, 0) is 28.6 Å². The Balaban J connectivity index is 1.58. The van der Waals surface area contributed by atoms with Crippen LogP contribution in [0.3, 0.4) is 0 Å². The summed E-state index contributed by atoms with van der Waals surface area (Å²) in [5, 5.41) is 19.7. The fourth-order valence-corrected chi connectivity index (χ4v) is 5.19. The molecule has 2 aliphatic rings. The minimum Gasteiger partial charge on any atom is -0.381 e. The summed E-state index contributed by atoms with van der Waals surface area (Å²) in [5.74, 6) is 0. The molecule has 2 aromatic carbocycles. The number of para-hydroxylation sites is 1. The molecule has 5 heteroatoms. The monoisotopic (exact) mass is 389 g/mol. The number of hydrogen-bond donors (Lipinski definition) is 3. The number of nitrogens with one attached hydrogen (secondary N) is 2. The second kappa shape index (κ2) is 7.18. The molecule has 3 aromatic rings. The van der Waals surface area contributed by atoms with Crippen LogP contribution in [0.5, 0.6) is 0 Å². The van der Waals surface area contributed by atoms with Gasteiger partial charge in [0.2, 0.25) is 0 Å². The Labute approximate surface area is 169 Å². The van der Waals surface area contributed by atoms with Crippen LogP contribution in [0, 0.1) is 0 Å². The Bertz CT molecular complexity index is 973. The van der Waals surface area contributed by atoms with Crippen molar-refractivity contribution in [3.8, 4) is 0 Å². The molecular formula is C23H23N3OS. The van der Waals surface area contributed by atoms with Crippen LogP contribution < -0.4 is 10.7 Å². The molecule has 0 saturated carbocycles. The van der Waals surface area contributed by atoms with Gasteiger partial charge in [0.25, 0.3) is 0 Å². The predicted molar refractivity (Wildman–Crippen MR) is 115 cm³/mol. The van der Waals surface area contributed by atoms with Crippen molar-refractivity contribution in [2.45, 2.75) is 17.7 Å². The molecule has 3 heterocycles. The van der Waals surface area contributed by atoms with Crippen molar-refractivity contribution in [1.29, 1.82) is 0 Å². The maximum atomic E-state index is 11.9. The number of fused-ring (bicyclic) bond motifs is 1. The van der Waals surface area contributed by atoms with Crippen molar-refractivity contribution in [1.82, 2.24) is 10.3 Å². The highest BCUT2D eigenvalue weighted by molar-refractivity contribution is 7.10. The second-order valence-electron chi connectivity index (χ2n) is 7.37. The molecule has 28 heavy (non-hydrogen) atoms. The minimum atomic E-state index is -0.977. The van der Waals surface area contributed by atoms with Gasteiger partial charge < -0.3 is 15.8 Å². The van der Waals surface area contributed by atoms with Crippen LogP contribution in [0.1, 0.15) is 22.0 Å². The molecule has 3 N–H and O–H groups in total. The van der Waals surface area contributed by atoms with E-state index in [0.29, 0.717) is 13.1 Å². The SMILES string of the molecule is OC1(c2cccs2)CNC(c2ccccc2)C1N1CC=Cc2ccccc2N1. The molecule has 1 aromatic heterocycles. The lowest BCUT2D eigenvalue weighted by molar-refractivity contribution is -0.0130. The third kappa shape index (κ3) is 2.97. The van der Waals surface area contributed by atoms with Gasteiger partial charge in [-0.1, -0.05) is 66.7 Å². The van der Waals surface area contributed by atoms with E-state index in [1.165, 1.54) is 5.56 Å². The summed E-state index contributed by atoms with van der Waals surface area (Å²) >= 11 is 1.61. The summed E-state index contributed by atoms with van der Waals surface area (Å²) in [5.41, 5.74) is 6.02. The number of nitrogens with zero attached hydrogens (tertiary/aromatic N) is 1. The van der Waals surface area contributed by atoms with E-state index in [4.69, 9.17) is 0 Å². The van der Waals surface area contributed by atoms with Gasteiger partial charge in [0.05, 0.1) is 17.8 Å². The number of hydrazine groups is 1. The first kappa shape index (κ1) is 17.6. The van der Waals surface area contributed by atoms with Crippen molar-refractivity contribution in [2.24, 2.45) is 0 Å². The maximum absolute atomic E-state index is 11.9. The third-order valence-electron chi connectivity index (χ3n) is 5.66. The number of rotatable bonds is 3. The standard InChI is InChI=1S/C23H23N3OS/c27-23(20-13-7-15-28-20)16-24-21(18-9-2-1-3-10-18)22(23)26-14-6-11-17-8-4-5-12-19(17)25-26/h1-13,15,21-22,24-25,27H,14,16H2. The second-order valence-corrected chi connectivity index (χ2v) is 8.32. The summed E-state index contributed by atoms with van der Waals surface area (Å²) in [6, 6.07) is 22.6. The Morgan fingerprint density at radius 2 is 1.82 bits per heavy atom. The van der Waals surface area contributed by atoms with Gasteiger partial charge in [-0.3, -0.25) is 0 Å². The third-order valence-corrected chi connectivity index (χ3v) is 6.70. The van der Waals surface area contributed by atoms with E-state index < -0.39 is 5.60 Å². The molecule has 2 aliphatic heterocycles. The van der Waals surface area contributed by atoms with Crippen molar-refractivity contribution in [3.05, 3.63) is 94.2 Å². The van der Waals surface area contributed by atoms with Crippen molar-refractivity contribution in [3.63, 3.8) is 0 Å². The zero-order chi connectivity index (χ0) is 19.0. The van der Waals surface area contributed by atoms with Gasteiger partial charge in [0, 0.05) is 18.0 Å². The number of benzene rings is 2. The van der Waals surface area contributed by atoms with E-state index in [2.05, 4.69) is 64.3 Å². The van der Waals surface area contributed by atoms with Crippen LogP contribution >= 0.6 is 11.3 Å². The topological polar surface area (TPSA) is 47.5 Å². The van der Waals surface area contributed by atoms with Crippen LogP contribution in [0.2, 0.25) is 0 Å². The quantitative estimate of drug-likeness (QED) is 0.634. The van der Waals surface area contributed by atoms with Gasteiger partial charge in [-0.15, -0.1) is 11.3 Å². The van der Waals surface area contributed by atoms with Gasteiger partial charge in [-0.2, -0.15) is 0 Å². The fourth-order valence-electron chi connectivity index (χ4n) is 4.33. The maximum Gasteiger partial charge on any atom is 0.130 e. The normalized spacial score (nSPS) is 27.2. The highest BCUT2D eigenvalue weighted by atomic mass is 32.1. The van der Waals surface area contributed by atoms with Crippen LogP contribution in [-0.2, 0) is 5.60 Å². The Kier molecular flexibility index (Phi) is 4.53. The van der Waals surface area contributed by atoms with E-state index >= 15 is 0 Å². The fraction of sp³-hybridized carbons (Fsp3) is 0.217. The molecule has 4 nitrogen and oxygen atoms in total. The van der Waals surface area contributed by atoms with Gasteiger partial charge >= 0.3 is 0 Å². The number of anilines is 1. The average Bonchev–Trinajstić information content (AvgIpc) is 3.33. The largest absolute Gasteiger partial charge is 0.381 e. The minimum absolute atomic E-state index is 0.0134. The first-order valence-corrected chi connectivity index (χ1v) is 10.5. The Morgan fingerprint density at radius 1 is 1.00 bits per heavy atom. The molecule has 1 saturated heterocycles. The van der Waals surface area contributed by atoms with Gasteiger partial charge in [0.1, 0.15) is 5.60 Å². The molecule has 1 fully saturated rings. The van der Waals surface area contributed by atoms with Gasteiger partial charge in [-0.25, -0.2) is 5.01 Å². The highest BCUT2D eigenvalue weighted by Crippen LogP contribution is 2.43. The summed E-state index contributed by atoms with van der Waals surface area (Å²) < 4.78 is 0. The van der Waals surface area contributed by atoms with E-state index in [-0.39, 0.29) is 12.1 Å². The van der Waals surface area contributed by atoms with Crippen molar-refractivity contribution < 1.29 is 5.11 Å². The van der Waals surface area contributed by atoms with E-state index in [0.717, 1.165) is 16.1 Å². The smallest absolute Gasteiger partial charge is 0.130 e. The number of β-amino-alcohol motifs (C(OH)–C–C–N with tert-alkyl or cyclic N) is 1. The molecule has 142 valence electrons. The van der Waals surface area contributed by atoms with E-state index in [1.807, 2.05) is 35.7 Å². The van der Waals surface area contributed by atoms with Crippen molar-refractivity contribution >= 4 is 23.1 Å². The van der Waals surface area contributed by atoms with Gasteiger partial charge in [0.15, 0.2) is 0 Å². The summed E-state index contributed by atoms with van der Waals surface area (Å²) in [6.07, 6.45) is 4.31. The lowest BCUT2D eigenvalue weighted by atomic mass is 9.88. The van der Waals surface area contributed by atoms with Crippen molar-refractivity contribution in [2.75, 3.05) is 18.5 Å². The van der Waals surface area contributed by atoms with Crippen LogP contribution in [0.15, 0.2) is 78.2 Å². The summed E-state index contributed by atoms with van der Waals surface area (Å²) in [6.45, 7) is 1.22. The molecule has 0 bridgehead atoms. The average molecular weight is 390 g/mol. The molecule has 0 radical (unpaired) electrons. The number of hydrogen-bond acceptors (Lipinski definition) is 5. The predicted octanol–water partition coefficient (Wildman–Crippen LogP) is 4.00. The van der Waals surface area contributed by atoms with E-state index in [9.17, 15) is 5.11 Å². The molecule has 0 spiro atoms. The number of aliphatic hydroxyl groups is 1. The zero-order valence-corrected chi connectivity index (χ0v) is 16.3. The van der Waals surface area contributed by atoms with Crippen LogP contribution in [-0.4, -0.2) is 29.2 Å². The van der Waals surface area contributed by atoms with Crippen LogP contribution in [0.4, 0.5) is 5.69 Å². The molecule has 0 aliphatic carbocycles. The number of thiophene rings is 1. The molecule has 5 rings (SSSR count). The summed E-state index contributed by atoms with van der Waals surface area (Å²) in [4.78, 5) is 0.992. The lowest BCUT2D eigenvalue weighted by Crippen LogP contribution is -2.52. The lowest BCUT2D eigenvalue weighted by Gasteiger charge is -2.39. The molecule has 0 amide bonds.